The number of likely N-dealkylation sites (tertiary alicyclic amines) is 1. The van der Waals surface area contributed by atoms with E-state index in [1.54, 1.807) is 20.8 Å². The van der Waals surface area contributed by atoms with E-state index in [0.29, 0.717) is 0 Å². The van der Waals surface area contributed by atoms with Gasteiger partial charge in [0.2, 0.25) is 0 Å². The highest BCUT2D eigenvalue weighted by Crippen LogP contribution is 2.32. The summed E-state index contributed by atoms with van der Waals surface area (Å²) in [6.07, 6.45) is -6.29. The Morgan fingerprint density at radius 3 is 2.39 bits per heavy atom. The zero-order valence-corrected chi connectivity index (χ0v) is 16.2. The van der Waals surface area contributed by atoms with Gasteiger partial charge < -0.3 is 19.1 Å². The molecule has 6 nitrogen and oxygen atoms in total. The van der Waals surface area contributed by atoms with Gasteiger partial charge in [-0.2, -0.15) is 13.2 Å². The highest BCUT2D eigenvalue weighted by Gasteiger charge is 2.37. The summed E-state index contributed by atoms with van der Waals surface area (Å²) in [6, 6.07) is 4.49. The molecule has 0 saturated carbocycles. The van der Waals surface area contributed by atoms with Gasteiger partial charge in [0.15, 0.2) is 6.10 Å². The molecule has 1 saturated heterocycles. The summed E-state index contributed by atoms with van der Waals surface area (Å²) >= 11 is 0. The van der Waals surface area contributed by atoms with Gasteiger partial charge in [-0.1, -0.05) is 6.07 Å². The standard InChI is InChI=1S/C19H24F3NO5/c1-12(24)26-16-11-23(17(25)28-18(2,3)4)9-8-15(16)27-14-7-5-6-13(10-14)19(20,21)22/h5-7,10,15-16H,8-9,11H2,1-4H3. The van der Waals surface area contributed by atoms with E-state index in [2.05, 4.69) is 0 Å². The summed E-state index contributed by atoms with van der Waals surface area (Å²) in [5, 5.41) is 0. The molecule has 1 heterocycles. The Bertz CT molecular complexity index is 714. The van der Waals surface area contributed by atoms with Crippen LogP contribution in [0.1, 0.15) is 39.7 Å². The smallest absolute Gasteiger partial charge is 0.416 e. The van der Waals surface area contributed by atoms with E-state index in [1.807, 2.05) is 0 Å². The lowest BCUT2D eigenvalue weighted by molar-refractivity contribution is -0.155. The zero-order chi connectivity index (χ0) is 21.1. The van der Waals surface area contributed by atoms with E-state index in [-0.39, 0.29) is 25.3 Å². The number of ether oxygens (including phenoxy) is 3. The van der Waals surface area contributed by atoms with Gasteiger partial charge in [0.1, 0.15) is 17.5 Å². The average molecular weight is 403 g/mol. The first-order chi connectivity index (χ1) is 12.8. The van der Waals surface area contributed by atoms with Crippen molar-refractivity contribution in [2.45, 2.75) is 58.1 Å². The normalized spacial score (nSPS) is 20.5. The molecule has 0 spiro atoms. The Morgan fingerprint density at radius 2 is 1.82 bits per heavy atom. The molecule has 0 aliphatic carbocycles. The number of carbonyl (C=O) groups is 2. The minimum atomic E-state index is -4.49. The molecule has 1 aliphatic heterocycles. The second-order valence-corrected chi connectivity index (χ2v) is 7.54. The summed E-state index contributed by atoms with van der Waals surface area (Å²) in [4.78, 5) is 25.1. The van der Waals surface area contributed by atoms with E-state index in [0.717, 1.165) is 12.1 Å². The summed E-state index contributed by atoms with van der Waals surface area (Å²) in [5.41, 5.74) is -1.51. The van der Waals surface area contributed by atoms with Crippen LogP contribution in [0.25, 0.3) is 0 Å². The minimum Gasteiger partial charge on any atom is -0.486 e. The molecule has 1 amide bonds. The maximum Gasteiger partial charge on any atom is 0.416 e. The van der Waals surface area contributed by atoms with Crippen molar-refractivity contribution in [2.24, 2.45) is 0 Å². The molecule has 1 fully saturated rings. The van der Waals surface area contributed by atoms with Crippen LogP contribution >= 0.6 is 0 Å². The minimum absolute atomic E-state index is 0.0164. The van der Waals surface area contributed by atoms with Crippen LogP contribution in [0.3, 0.4) is 0 Å². The fourth-order valence-corrected chi connectivity index (χ4v) is 2.77. The highest BCUT2D eigenvalue weighted by atomic mass is 19.4. The lowest BCUT2D eigenvalue weighted by Crippen LogP contribution is -2.53. The van der Waals surface area contributed by atoms with Crippen molar-refractivity contribution >= 4 is 12.1 Å². The number of amides is 1. The number of halogens is 3. The Labute approximate surface area is 161 Å². The second-order valence-electron chi connectivity index (χ2n) is 7.54. The average Bonchev–Trinajstić information content (AvgIpc) is 2.54. The van der Waals surface area contributed by atoms with E-state index in [1.165, 1.54) is 24.0 Å². The van der Waals surface area contributed by atoms with Gasteiger partial charge in [-0.05, 0) is 39.0 Å². The molecule has 156 valence electrons. The Hall–Kier alpha value is -2.45. The zero-order valence-electron chi connectivity index (χ0n) is 16.2. The number of alkyl halides is 3. The van der Waals surface area contributed by atoms with Gasteiger partial charge in [-0.15, -0.1) is 0 Å². The molecular formula is C19H24F3NO5. The first-order valence-corrected chi connectivity index (χ1v) is 8.84. The molecule has 0 bridgehead atoms. The number of hydrogen-bond acceptors (Lipinski definition) is 5. The molecule has 28 heavy (non-hydrogen) atoms. The van der Waals surface area contributed by atoms with E-state index >= 15 is 0 Å². The van der Waals surface area contributed by atoms with Crippen molar-refractivity contribution in [1.29, 1.82) is 0 Å². The van der Waals surface area contributed by atoms with Crippen LogP contribution < -0.4 is 4.74 Å². The van der Waals surface area contributed by atoms with E-state index in [4.69, 9.17) is 14.2 Å². The van der Waals surface area contributed by atoms with Crippen LogP contribution in [0.4, 0.5) is 18.0 Å². The molecule has 0 aromatic heterocycles. The number of hydrogen-bond donors (Lipinski definition) is 0. The van der Waals surface area contributed by atoms with Crippen LogP contribution in [0.5, 0.6) is 5.75 Å². The van der Waals surface area contributed by atoms with E-state index < -0.39 is 41.6 Å². The Morgan fingerprint density at radius 1 is 1.14 bits per heavy atom. The van der Waals surface area contributed by atoms with Crippen molar-refractivity contribution in [1.82, 2.24) is 4.90 Å². The summed E-state index contributed by atoms with van der Waals surface area (Å²) < 4.78 is 54.9. The second kappa shape index (κ2) is 8.28. The molecule has 0 N–H and O–H groups in total. The number of esters is 1. The first kappa shape index (κ1) is 21.8. The van der Waals surface area contributed by atoms with Gasteiger partial charge in [-0.3, -0.25) is 4.79 Å². The molecule has 1 aliphatic rings. The van der Waals surface area contributed by atoms with Crippen LogP contribution in [-0.2, 0) is 20.4 Å². The van der Waals surface area contributed by atoms with Crippen LogP contribution in [0.15, 0.2) is 24.3 Å². The molecule has 2 unspecified atom stereocenters. The summed E-state index contributed by atoms with van der Waals surface area (Å²) in [7, 11) is 0. The predicted molar refractivity (Wildman–Crippen MR) is 93.8 cm³/mol. The maximum atomic E-state index is 12.9. The van der Waals surface area contributed by atoms with Crippen molar-refractivity contribution in [3.63, 3.8) is 0 Å². The molecule has 2 atom stereocenters. The van der Waals surface area contributed by atoms with Crippen molar-refractivity contribution in [3.8, 4) is 5.75 Å². The lowest BCUT2D eigenvalue weighted by atomic mass is 10.0. The quantitative estimate of drug-likeness (QED) is 0.713. The topological polar surface area (TPSA) is 65.1 Å². The lowest BCUT2D eigenvalue weighted by Gasteiger charge is -2.38. The third-order valence-corrected chi connectivity index (χ3v) is 3.92. The molecule has 9 heteroatoms. The van der Waals surface area contributed by atoms with Crippen LogP contribution in [-0.4, -0.2) is 47.9 Å². The summed E-state index contributed by atoms with van der Waals surface area (Å²) in [5.74, 6) is -0.559. The van der Waals surface area contributed by atoms with E-state index in [9.17, 15) is 22.8 Å². The van der Waals surface area contributed by atoms with Crippen molar-refractivity contribution < 1.29 is 37.0 Å². The number of carbonyl (C=O) groups excluding carboxylic acids is 2. The first-order valence-electron chi connectivity index (χ1n) is 8.84. The van der Waals surface area contributed by atoms with Crippen molar-refractivity contribution in [2.75, 3.05) is 13.1 Å². The SMILES string of the molecule is CC(=O)OC1CN(C(=O)OC(C)(C)C)CCC1Oc1cccc(C(F)(F)F)c1. The third kappa shape index (κ3) is 6.31. The maximum absolute atomic E-state index is 12.9. The fourth-order valence-electron chi connectivity index (χ4n) is 2.77. The molecular weight excluding hydrogens is 379 g/mol. The van der Waals surface area contributed by atoms with Crippen molar-refractivity contribution in [3.05, 3.63) is 29.8 Å². The fraction of sp³-hybridized carbons (Fsp3) is 0.579. The number of piperidine rings is 1. The molecule has 1 aromatic rings. The number of benzene rings is 1. The van der Waals surface area contributed by atoms with Gasteiger partial charge in [-0.25, -0.2) is 4.79 Å². The number of rotatable bonds is 3. The predicted octanol–water partition coefficient (Wildman–Crippen LogP) is 4.03. The van der Waals surface area contributed by atoms with Crippen LogP contribution in [0, 0.1) is 0 Å². The third-order valence-electron chi connectivity index (χ3n) is 3.92. The van der Waals surface area contributed by atoms with Gasteiger partial charge in [0, 0.05) is 19.9 Å². The molecule has 2 rings (SSSR count). The van der Waals surface area contributed by atoms with Crippen LogP contribution in [0.2, 0.25) is 0 Å². The monoisotopic (exact) mass is 403 g/mol. The van der Waals surface area contributed by atoms with Gasteiger partial charge in [0.25, 0.3) is 0 Å². The van der Waals surface area contributed by atoms with Gasteiger partial charge >= 0.3 is 18.2 Å². The largest absolute Gasteiger partial charge is 0.486 e. The number of nitrogens with zero attached hydrogens (tertiary/aromatic N) is 1. The summed E-state index contributed by atoms with van der Waals surface area (Å²) in [6.45, 7) is 6.70. The van der Waals surface area contributed by atoms with Gasteiger partial charge in [0.05, 0.1) is 12.1 Å². The Kier molecular flexibility index (Phi) is 6.46. The highest BCUT2D eigenvalue weighted by molar-refractivity contribution is 5.69. The molecule has 1 aromatic carbocycles. The molecule has 0 radical (unpaired) electrons. The Balaban J connectivity index is 2.12.